The van der Waals surface area contributed by atoms with Crippen molar-refractivity contribution in [3.05, 3.63) is 0 Å². The summed E-state index contributed by atoms with van der Waals surface area (Å²) in [6.07, 6.45) is 1.56. The zero-order chi connectivity index (χ0) is 8.65. The third-order valence-electron chi connectivity index (χ3n) is 3.29. The number of aliphatic hydroxyl groups is 2. The topological polar surface area (TPSA) is 40.5 Å². The predicted molar refractivity (Wildman–Crippen MR) is 44.2 cm³/mol. The van der Waals surface area contributed by atoms with Gasteiger partial charge in [0.25, 0.3) is 0 Å². The molecule has 0 spiro atoms. The highest BCUT2D eigenvalue weighted by molar-refractivity contribution is 5.01. The van der Waals surface area contributed by atoms with Gasteiger partial charge in [-0.3, -0.25) is 0 Å². The molecule has 1 aliphatic rings. The third-order valence-corrected chi connectivity index (χ3v) is 3.29. The molecule has 11 heavy (non-hydrogen) atoms. The van der Waals surface area contributed by atoms with Gasteiger partial charge in [-0.2, -0.15) is 0 Å². The second kappa shape index (κ2) is 2.76. The first-order chi connectivity index (χ1) is 5.00. The minimum Gasteiger partial charge on any atom is -0.393 e. The van der Waals surface area contributed by atoms with Gasteiger partial charge in [0.15, 0.2) is 0 Å². The Morgan fingerprint density at radius 1 is 1.09 bits per heavy atom. The van der Waals surface area contributed by atoms with Crippen LogP contribution in [-0.2, 0) is 0 Å². The van der Waals surface area contributed by atoms with E-state index in [0.29, 0.717) is 0 Å². The second-order valence-electron chi connectivity index (χ2n) is 3.94. The normalized spacial score (nSPS) is 29.2. The van der Waals surface area contributed by atoms with Gasteiger partial charge in [0.2, 0.25) is 0 Å². The van der Waals surface area contributed by atoms with Crippen LogP contribution in [0.2, 0.25) is 0 Å². The van der Waals surface area contributed by atoms with E-state index in [1.165, 1.54) is 0 Å². The van der Waals surface area contributed by atoms with Crippen LogP contribution in [0.15, 0.2) is 0 Å². The van der Waals surface area contributed by atoms with Crippen LogP contribution in [0.4, 0.5) is 0 Å². The van der Waals surface area contributed by atoms with Gasteiger partial charge < -0.3 is 10.2 Å². The van der Waals surface area contributed by atoms with E-state index in [0.717, 1.165) is 12.8 Å². The number of rotatable bonds is 3. The molecule has 1 saturated carbocycles. The Kier molecular flexibility index (Phi) is 2.26. The average molecular weight is 158 g/mol. The summed E-state index contributed by atoms with van der Waals surface area (Å²) in [5.74, 6) is 0.225. The van der Waals surface area contributed by atoms with E-state index in [2.05, 4.69) is 0 Å². The summed E-state index contributed by atoms with van der Waals surface area (Å²) in [4.78, 5) is 0. The summed E-state index contributed by atoms with van der Waals surface area (Å²) < 4.78 is 0. The largest absolute Gasteiger partial charge is 0.393 e. The van der Waals surface area contributed by atoms with Crippen LogP contribution in [-0.4, -0.2) is 22.4 Å². The molecule has 3 atom stereocenters. The molecule has 0 saturated heterocycles. The first-order valence-electron chi connectivity index (χ1n) is 4.37. The van der Waals surface area contributed by atoms with Gasteiger partial charge in [-0.05, 0) is 32.6 Å². The number of hydrogen-bond acceptors (Lipinski definition) is 2. The molecule has 0 bridgehead atoms. The lowest BCUT2D eigenvalue weighted by Crippen LogP contribution is -2.32. The van der Waals surface area contributed by atoms with Crippen molar-refractivity contribution >= 4 is 0 Å². The number of aliphatic hydroxyl groups excluding tert-OH is 2. The Morgan fingerprint density at radius 2 is 1.55 bits per heavy atom. The van der Waals surface area contributed by atoms with Crippen molar-refractivity contribution in [1.29, 1.82) is 0 Å². The van der Waals surface area contributed by atoms with Gasteiger partial charge in [-0.25, -0.2) is 0 Å². The maximum atomic E-state index is 9.45. The molecule has 0 aromatic rings. The Balaban J connectivity index is 2.58. The van der Waals surface area contributed by atoms with Crippen molar-refractivity contribution in [2.45, 2.75) is 45.8 Å². The first-order valence-corrected chi connectivity index (χ1v) is 4.37. The standard InChI is InChI=1S/C9H18O2/c1-6(7(2)10)9(4-5-9)8(3)11/h6-8,10-11H,4-5H2,1-3H3. The molecule has 2 nitrogen and oxygen atoms in total. The smallest absolute Gasteiger partial charge is 0.0571 e. The Morgan fingerprint density at radius 3 is 1.64 bits per heavy atom. The van der Waals surface area contributed by atoms with Crippen molar-refractivity contribution in [3.63, 3.8) is 0 Å². The zero-order valence-electron chi connectivity index (χ0n) is 7.54. The highest BCUT2D eigenvalue weighted by Crippen LogP contribution is 2.55. The van der Waals surface area contributed by atoms with Crippen molar-refractivity contribution < 1.29 is 10.2 Å². The first kappa shape index (κ1) is 9.01. The second-order valence-corrected chi connectivity index (χ2v) is 3.94. The molecule has 0 aromatic carbocycles. The van der Waals surface area contributed by atoms with Crippen LogP contribution in [0.1, 0.15) is 33.6 Å². The summed E-state index contributed by atoms with van der Waals surface area (Å²) in [7, 11) is 0. The van der Waals surface area contributed by atoms with Gasteiger partial charge in [-0.1, -0.05) is 6.92 Å². The summed E-state index contributed by atoms with van der Waals surface area (Å²) in [6.45, 7) is 5.64. The van der Waals surface area contributed by atoms with Gasteiger partial charge in [0.1, 0.15) is 0 Å². The molecule has 3 unspecified atom stereocenters. The quantitative estimate of drug-likeness (QED) is 0.647. The van der Waals surface area contributed by atoms with E-state index in [9.17, 15) is 10.2 Å². The molecule has 0 heterocycles. The summed E-state index contributed by atoms with van der Waals surface area (Å²) >= 11 is 0. The Labute approximate surface area is 68.2 Å². The van der Waals surface area contributed by atoms with Crippen LogP contribution in [0, 0.1) is 11.3 Å². The molecule has 66 valence electrons. The summed E-state index contributed by atoms with van der Waals surface area (Å²) in [5, 5.41) is 18.8. The fraction of sp³-hybridized carbons (Fsp3) is 1.00. The van der Waals surface area contributed by atoms with Crippen LogP contribution in [0.25, 0.3) is 0 Å². The zero-order valence-corrected chi connectivity index (χ0v) is 7.54. The van der Waals surface area contributed by atoms with Crippen LogP contribution in [0.5, 0.6) is 0 Å². The Hall–Kier alpha value is -0.0800. The fourth-order valence-electron chi connectivity index (χ4n) is 1.88. The van der Waals surface area contributed by atoms with Crippen molar-refractivity contribution in [1.82, 2.24) is 0 Å². The molecular formula is C9H18O2. The van der Waals surface area contributed by atoms with Crippen molar-refractivity contribution in [2.75, 3.05) is 0 Å². The molecule has 2 N–H and O–H groups in total. The fourth-order valence-corrected chi connectivity index (χ4v) is 1.88. The SMILES string of the molecule is CC(O)C(C)C1(C(C)O)CC1. The highest BCUT2D eigenvalue weighted by atomic mass is 16.3. The monoisotopic (exact) mass is 158 g/mol. The van der Waals surface area contributed by atoms with E-state index in [1.807, 2.05) is 13.8 Å². The molecule has 1 aliphatic carbocycles. The summed E-state index contributed by atoms with van der Waals surface area (Å²) in [5.41, 5.74) is 0.0359. The van der Waals surface area contributed by atoms with Gasteiger partial charge in [0, 0.05) is 5.41 Å². The van der Waals surface area contributed by atoms with Crippen LogP contribution in [0.3, 0.4) is 0 Å². The van der Waals surface area contributed by atoms with E-state index in [-0.39, 0.29) is 23.5 Å². The van der Waals surface area contributed by atoms with Crippen LogP contribution < -0.4 is 0 Å². The van der Waals surface area contributed by atoms with Crippen LogP contribution >= 0.6 is 0 Å². The lowest BCUT2D eigenvalue weighted by molar-refractivity contribution is 0.0155. The average Bonchev–Trinajstić information content (AvgIpc) is 2.65. The molecule has 1 rings (SSSR count). The summed E-state index contributed by atoms with van der Waals surface area (Å²) in [6, 6.07) is 0. The minimum absolute atomic E-state index is 0.0359. The van der Waals surface area contributed by atoms with E-state index >= 15 is 0 Å². The lowest BCUT2D eigenvalue weighted by Gasteiger charge is -2.28. The van der Waals surface area contributed by atoms with Gasteiger partial charge >= 0.3 is 0 Å². The van der Waals surface area contributed by atoms with E-state index in [1.54, 1.807) is 6.92 Å². The highest BCUT2D eigenvalue weighted by Gasteiger charge is 2.52. The van der Waals surface area contributed by atoms with Gasteiger partial charge in [0.05, 0.1) is 12.2 Å². The number of hydrogen-bond donors (Lipinski definition) is 2. The molecule has 1 fully saturated rings. The van der Waals surface area contributed by atoms with Crippen molar-refractivity contribution in [2.24, 2.45) is 11.3 Å². The minimum atomic E-state index is -0.299. The maximum absolute atomic E-state index is 9.45. The maximum Gasteiger partial charge on any atom is 0.0571 e. The predicted octanol–water partition coefficient (Wildman–Crippen LogP) is 1.16. The third kappa shape index (κ3) is 1.42. The van der Waals surface area contributed by atoms with Crippen molar-refractivity contribution in [3.8, 4) is 0 Å². The van der Waals surface area contributed by atoms with Gasteiger partial charge in [-0.15, -0.1) is 0 Å². The van der Waals surface area contributed by atoms with E-state index in [4.69, 9.17) is 0 Å². The lowest BCUT2D eigenvalue weighted by atomic mass is 9.83. The molecule has 2 heteroatoms. The Bertz CT molecular complexity index is 136. The van der Waals surface area contributed by atoms with E-state index < -0.39 is 0 Å². The molecule has 0 amide bonds. The molecular weight excluding hydrogens is 140 g/mol. The molecule has 0 radical (unpaired) electrons. The molecule has 0 aromatic heterocycles. The molecule has 0 aliphatic heterocycles.